The van der Waals surface area contributed by atoms with E-state index in [1.165, 1.54) is 30.3 Å². The van der Waals surface area contributed by atoms with E-state index in [1.807, 2.05) is 0 Å². The second-order valence-electron chi connectivity index (χ2n) is 4.24. The number of nitro benzene ring substituents is 1. The van der Waals surface area contributed by atoms with Crippen molar-refractivity contribution in [1.29, 1.82) is 0 Å². The van der Waals surface area contributed by atoms with Crippen LogP contribution in [-0.4, -0.2) is 10.6 Å². The Kier molecular flexibility index (Phi) is 4.49. The van der Waals surface area contributed by atoms with Crippen LogP contribution in [0.5, 0.6) is 0 Å². The van der Waals surface area contributed by atoms with E-state index in [-0.39, 0.29) is 10.7 Å². The highest BCUT2D eigenvalue weighted by Crippen LogP contribution is 2.20. The molecule has 0 aliphatic rings. The number of hydrogen-bond acceptors (Lipinski definition) is 4. The molecule has 5 nitrogen and oxygen atoms in total. The number of nitrogens with zero attached hydrogens (tertiary/aromatic N) is 2. The zero-order chi connectivity index (χ0) is 15.4. The van der Waals surface area contributed by atoms with Crippen LogP contribution < -0.4 is 5.43 Å². The van der Waals surface area contributed by atoms with E-state index in [1.54, 1.807) is 19.1 Å². The van der Waals surface area contributed by atoms with Crippen molar-refractivity contribution in [2.75, 3.05) is 5.43 Å². The molecule has 0 aliphatic carbocycles. The molecule has 2 rings (SSSR count). The molecule has 0 aliphatic heterocycles. The summed E-state index contributed by atoms with van der Waals surface area (Å²) in [7, 11) is 0. The summed E-state index contributed by atoms with van der Waals surface area (Å²) in [4.78, 5) is 10.2. The van der Waals surface area contributed by atoms with Gasteiger partial charge >= 0.3 is 0 Å². The number of nitrogens with one attached hydrogen (secondary N) is 1. The highest BCUT2D eigenvalue weighted by molar-refractivity contribution is 6.34. The Morgan fingerprint density at radius 2 is 2.10 bits per heavy atom. The molecule has 0 amide bonds. The van der Waals surface area contributed by atoms with Crippen molar-refractivity contribution < 1.29 is 9.31 Å². The normalized spacial score (nSPS) is 11.3. The highest BCUT2D eigenvalue weighted by Gasteiger charge is 2.07. The zero-order valence-corrected chi connectivity index (χ0v) is 11.8. The smallest absolute Gasteiger partial charge is 0.271 e. The summed E-state index contributed by atoms with van der Waals surface area (Å²) in [6, 6.07) is 9.95. The molecule has 0 saturated carbocycles. The van der Waals surface area contributed by atoms with Crippen LogP contribution in [0.25, 0.3) is 0 Å². The van der Waals surface area contributed by atoms with Crippen LogP contribution in [0.4, 0.5) is 15.8 Å². The summed E-state index contributed by atoms with van der Waals surface area (Å²) in [5.41, 5.74) is 4.26. The monoisotopic (exact) mass is 307 g/mol. The number of hydrazone groups is 1. The topological polar surface area (TPSA) is 67.5 Å². The molecule has 7 heteroatoms. The number of hydrogen-bond donors (Lipinski definition) is 1. The van der Waals surface area contributed by atoms with E-state index in [2.05, 4.69) is 10.5 Å². The lowest BCUT2D eigenvalue weighted by atomic mass is 10.1. The van der Waals surface area contributed by atoms with Gasteiger partial charge in [0.25, 0.3) is 5.69 Å². The van der Waals surface area contributed by atoms with E-state index in [4.69, 9.17) is 11.6 Å². The Balaban J connectivity index is 2.20. The van der Waals surface area contributed by atoms with Gasteiger partial charge in [0.15, 0.2) is 0 Å². The van der Waals surface area contributed by atoms with E-state index in [9.17, 15) is 14.5 Å². The molecule has 0 atom stereocenters. The molecule has 0 saturated heterocycles. The molecular formula is C14H11ClFN3O2. The van der Waals surface area contributed by atoms with Gasteiger partial charge in [0, 0.05) is 17.7 Å². The number of rotatable bonds is 4. The van der Waals surface area contributed by atoms with Crippen LogP contribution in [0.1, 0.15) is 12.5 Å². The minimum Gasteiger partial charge on any atom is -0.278 e. The summed E-state index contributed by atoms with van der Waals surface area (Å²) < 4.78 is 13.0. The molecular weight excluding hydrogens is 297 g/mol. The fraction of sp³-hybridized carbons (Fsp3) is 0.0714. The lowest BCUT2D eigenvalue weighted by molar-refractivity contribution is -0.384. The minimum absolute atomic E-state index is 0.0346. The summed E-state index contributed by atoms with van der Waals surface area (Å²) in [6.45, 7) is 1.70. The zero-order valence-electron chi connectivity index (χ0n) is 11.0. The summed E-state index contributed by atoms with van der Waals surface area (Å²) in [5, 5.41) is 15.0. The summed E-state index contributed by atoms with van der Waals surface area (Å²) >= 11 is 5.93. The first-order valence-electron chi connectivity index (χ1n) is 5.97. The van der Waals surface area contributed by atoms with Crippen molar-refractivity contribution >= 4 is 28.7 Å². The van der Waals surface area contributed by atoms with E-state index in [0.717, 1.165) is 0 Å². The Bertz CT molecular complexity index is 719. The maximum Gasteiger partial charge on any atom is 0.271 e. The third-order valence-electron chi connectivity index (χ3n) is 2.73. The largest absolute Gasteiger partial charge is 0.278 e. The molecule has 2 aromatic rings. The molecule has 0 fully saturated rings. The fourth-order valence-electron chi connectivity index (χ4n) is 1.68. The van der Waals surface area contributed by atoms with Crippen molar-refractivity contribution in [1.82, 2.24) is 0 Å². The summed E-state index contributed by atoms with van der Waals surface area (Å²) in [5.74, 6) is -0.428. The van der Waals surface area contributed by atoms with Crippen molar-refractivity contribution in [3.63, 3.8) is 0 Å². The van der Waals surface area contributed by atoms with Gasteiger partial charge in [-0.2, -0.15) is 5.10 Å². The Labute approximate surface area is 125 Å². The molecule has 0 spiro atoms. The molecule has 108 valence electrons. The van der Waals surface area contributed by atoms with E-state index >= 15 is 0 Å². The first kappa shape index (κ1) is 14.9. The Morgan fingerprint density at radius 1 is 1.33 bits per heavy atom. The molecule has 1 N–H and O–H groups in total. The highest BCUT2D eigenvalue weighted by atomic mass is 35.5. The maximum atomic E-state index is 13.0. The molecule has 0 aromatic heterocycles. The van der Waals surface area contributed by atoms with Gasteiger partial charge in [-0.3, -0.25) is 15.5 Å². The SMILES string of the molecule is C/C(=N/Nc1cccc([N+](=O)[O-])c1)c1ccc(F)cc1Cl. The molecule has 2 aromatic carbocycles. The standard InChI is InChI=1S/C14H11ClFN3O2/c1-9(13-6-5-10(16)7-14(13)15)17-18-11-3-2-4-12(8-11)19(20)21/h2-8,18H,1H3/b17-9-. The minimum atomic E-state index is -0.488. The van der Waals surface area contributed by atoms with Crippen molar-refractivity contribution in [3.8, 4) is 0 Å². The van der Waals surface area contributed by atoms with Gasteiger partial charge in [-0.05, 0) is 31.2 Å². The van der Waals surface area contributed by atoms with Crippen LogP contribution in [0, 0.1) is 15.9 Å². The quantitative estimate of drug-likeness (QED) is 0.522. The van der Waals surface area contributed by atoms with E-state index in [0.29, 0.717) is 17.0 Å². The molecule has 0 bridgehead atoms. The number of nitro groups is 1. The molecule has 0 heterocycles. The number of anilines is 1. The fourth-order valence-corrected chi connectivity index (χ4v) is 1.98. The first-order chi connectivity index (χ1) is 9.97. The lowest BCUT2D eigenvalue weighted by Crippen LogP contribution is -2.01. The van der Waals surface area contributed by atoms with Crippen molar-refractivity contribution in [2.24, 2.45) is 5.10 Å². The third-order valence-corrected chi connectivity index (χ3v) is 3.04. The Morgan fingerprint density at radius 3 is 2.76 bits per heavy atom. The predicted octanol–water partition coefficient (Wildman–Crippen LogP) is 4.22. The lowest BCUT2D eigenvalue weighted by Gasteiger charge is -2.05. The summed E-state index contributed by atoms with van der Waals surface area (Å²) in [6.07, 6.45) is 0. The van der Waals surface area contributed by atoms with Crippen LogP contribution in [0.3, 0.4) is 0 Å². The molecule has 0 radical (unpaired) electrons. The van der Waals surface area contributed by atoms with Gasteiger partial charge in [-0.25, -0.2) is 4.39 Å². The van der Waals surface area contributed by atoms with Gasteiger partial charge in [-0.15, -0.1) is 0 Å². The van der Waals surface area contributed by atoms with Crippen LogP contribution in [0.2, 0.25) is 5.02 Å². The number of non-ortho nitro benzene ring substituents is 1. The number of benzene rings is 2. The second kappa shape index (κ2) is 6.32. The van der Waals surface area contributed by atoms with Gasteiger partial charge in [0.1, 0.15) is 5.82 Å². The van der Waals surface area contributed by atoms with Crippen LogP contribution >= 0.6 is 11.6 Å². The van der Waals surface area contributed by atoms with E-state index < -0.39 is 10.7 Å². The van der Waals surface area contributed by atoms with Crippen LogP contribution in [-0.2, 0) is 0 Å². The Hall–Kier alpha value is -2.47. The van der Waals surface area contributed by atoms with Gasteiger partial charge in [0.05, 0.1) is 21.3 Å². The van der Waals surface area contributed by atoms with Crippen LogP contribution in [0.15, 0.2) is 47.6 Å². The third kappa shape index (κ3) is 3.76. The number of halogens is 2. The van der Waals surface area contributed by atoms with Crippen molar-refractivity contribution in [3.05, 3.63) is 69.0 Å². The van der Waals surface area contributed by atoms with Gasteiger partial charge in [-0.1, -0.05) is 17.7 Å². The molecule has 21 heavy (non-hydrogen) atoms. The first-order valence-corrected chi connectivity index (χ1v) is 6.35. The predicted molar refractivity (Wildman–Crippen MR) is 80.3 cm³/mol. The molecule has 0 unspecified atom stereocenters. The average Bonchev–Trinajstić information content (AvgIpc) is 2.45. The second-order valence-corrected chi connectivity index (χ2v) is 4.65. The van der Waals surface area contributed by atoms with Gasteiger partial charge in [0.2, 0.25) is 0 Å². The average molecular weight is 308 g/mol. The van der Waals surface area contributed by atoms with Crippen molar-refractivity contribution in [2.45, 2.75) is 6.92 Å². The maximum absolute atomic E-state index is 13.0. The van der Waals surface area contributed by atoms with Gasteiger partial charge < -0.3 is 0 Å².